The van der Waals surface area contributed by atoms with Gasteiger partial charge in [-0.25, -0.2) is 0 Å². The smallest absolute Gasteiger partial charge is 0.304 e. The van der Waals surface area contributed by atoms with E-state index >= 15 is 0 Å². The molecule has 1 rings (SSSR count). The van der Waals surface area contributed by atoms with Crippen molar-refractivity contribution in [2.45, 2.75) is 12.8 Å². The summed E-state index contributed by atoms with van der Waals surface area (Å²) < 4.78 is 5.47. The van der Waals surface area contributed by atoms with Crippen molar-refractivity contribution >= 4 is 17.6 Å². The summed E-state index contributed by atoms with van der Waals surface area (Å²) in [6.45, 7) is 1.85. The van der Waals surface area contributed by atoms with Crippen molar-refractivity contribution in [3.8, 4) is 5.75 Å². The van der Waals surface area contributed by atoms with Crippen molar-refractivity contribution in [1.82, 2.24) is 5.32 Å². The Kier molecular flexibility index (Phi) is 6.43. The van der Waals surface area contributed by atoms with Gasteiger partial charge in [0.1, 0.15) is 5.75 Å². The molecule has 0 aliphatic heterocycles. The third-order valence-corrected chi connectivity index (χ3v) is 2.35. The molecule has 0 aromatic heterocycles. The predicted molar refractivity (Wildman–Crippen MR) is 66.7 cm³/mol. The second-order valence-corrected chi connectivity index (χ2v) is 3.99. The molecule has 0 heterocycles. The molecule has 94 valence electrons. The van der Waals surface area contributed by atoms with E-state index in [0.717, 1.165) is 18.7 Å². The monoisotopic (exact) mass is 257 g/mol. The van der Waals surface area contributed by atoms with Gasteiger partial charge in [0.05, 0.1) is 13.0 Å². The first kappa shape index (κ1) is 13.8. The van der Waals surface area contributed by atoms with Gasteiger partial charge < -0.3 is 15.2 Å². The Morgan fingerprint density at radius 3 is 2.65 bits per heavy atom. The fourth-order valence-corrected chi connectivity index (χ4v) is 1.36. The molecule has 0 aliphatic carbocycles. The number of ether oxygens (including phenoxy) is 1. The molecule has 17 heavy (non-hydrogen) atoms. The molecule has 1 aromatic carbocycles. The highest BCUT2D eigenvalue weighted by Crippen LogP contribution is 2.15. The average molecular weight is 258 g/mol. The summed E-state index contributed by atoms with van der Waals surface area (Å²) >= 11 is 5.74. The number of halogens is 1. The van der Waals surface area contributed by atoms with Crippen LogP contribution in [0.5, 0.6) is 5.75 Å². The zero-order valence-corrected chi connectivity index (χ0v) is 10.2. The Labute approximate surface area is 106 Å². The van der Waals surface area contributed by atoms with Crippen LogP contribution >= 0.6 is 11.6 Å². The molecule has 0 spiro atoms. The van der Waals surface area contributed by atoms with Gasteiger partial charge in [0, 0.05) is 11.6 Å². The third kappa shape index (κ3) is 6.81. The van der Waals surface area contributed by atoms with Crippen LogP contribution in [0.1, 0.15) is 12.8 Å². The first-order valence-electron chi connectivity index (χ1n) is 5.49. The maximum absolute atomic E-state index is 10.2. The van der Waals surface area contributed by atoms with Gasteiger partial charge in [0.25, 0.3) is 0 Å². The van der Waals surface area contributed by atoms with E-state index in [4.69, 9.17) is 21.4 Å². The van der Waals surface area contributed by atoms with Gasteiger partial charge in [-0.3, -0.25) is 4.79 Å². The molecule has 0 aliphatic rings. The van der Waals surface area contributed by atoms with Crippen molar-refractivity contribution < 1.29 is 14.6 Å². The maximum atomic E-state index is 10.2. The number of rotatable bonds is 8. The van der Waals surface area contributed by atoms with Crippen molar-refractivity contribution in [2.24, 2.45) is 0 Å². The Bertz CT molecular complexity index is 340. The molecule has 1 aromatic rings. The zero-order chi connectivity index (χ0) is 12.5. The van der Waals surface area contributed by atoms with E-state index in [1.54, 1.807) is 12.1 Å². The number of carbonyl (C=O) groups is 1. The summed E-state index contributed by atoms with van der Waals surface area (Å²) in [6, 6.07) is 7.20. The van der Waals surface area contributed by atoms with Crippen LogP contribution in [0.25, 0.3) is 0 Å². The lowest BCUT2D eigenvalue weighted by Crippen LogP contribution is -2.20. The summed E-state index contributed by atoms with van der Waals surface area (Å²) in [5, 5.41) is 12.1. The van der Waals surface area contributed by atoms with E-state index in [1.807, 2.05) is 12.1 Å². The quantitative estimate of drug-likeness (QED) is 0.701. The van der Waals surface area contributed by atoms with Gasteiger partial charge in [-0.2, -0.15) is 0 Å². The van der Waals surface area contributed by atoms with Crippen molar-refractivity contribution in [1.29, 1.82) is 0 Å². The largest absolute Gasteiger partial charge is 0.494 e. The van der Waals surface area contributed by atoms with Crippen LogP contribution < -0.4 is 10.1 Å². The van der Waals surface area contributed by atoms with Crippen LogP contribution in [-0.4, -0.2) is 30.8 Å². The Balaban J connectivity index is 2.01. The molecule has 0 fully saturated rings. The van der Waals surface area contributed by atoms with Crippen LogP contribution in [-0.2, 0) is 4.79 Å². The van der Waals surface area contributed by atoms with Crippen molar-refractivity contribution in [2.75, 3.05) is 19.7 Å². The molecular weight excluding hydrogens is 242 g/mol. The molecule has 0 bridgehead atoms. The number of hydrogen-bond donors (Lipinski definition) is 2. The van der Waals surface area contributed by atoms with Crippen LogP contribution in [0.4, 0.5) is 0 Å². The minimum absolute atomic E-state index is 0.151. The van der Waals surface area contributed by atoms with Gasteiger partial charge in [-0.15, -0.1) is 0 Å². The number of benzene rings is 1. The first-order chi connectivity index (χ1) is 8.18. The number of hydrogen-bond acceptors (Lipinski definition) is 3. The molecule has 0 radical (unpaired) electrons. The third-order valence-electron chi connectivity index (χ3n) is 2.10. The zero-order valence-electron chi connectivity index (χ0n) is 9.49. The molecule has 4 nitrogen and oxygen atoms in total. The van der Waals surface area contributed by atoms with E-state index < -0.39 is 5.97 Å². The number of aliphatic carboxylic acids is 1. The normalized spacial score (nSPS) is 10.2. The number of carboxylic acid groups (broad SMARTS) is 1. The SMILES string of the molecule is O=C(O)CCNCCCOc1ccc(Cl)cc1. The van der Waals surface area contributed by atoms with Crippen LogP contribution in [0.15, 0.2) is 24.3 Å². The van der Waals surface area contributed by atoms with Gasteiger partial charge in [0.2, 0.25) is 0 Å². The fourth-order valence-electron chi connectivity index (χ4n) is 1.24. The summed E-state index contributed by atoms with van der Waals surface area (Å²) in [4.78, 5) is 10.2. The highest BCUT2D eigenvalue weighted by atomic mass is 35.5. The lowest BCUT2D eigenvalue weighted by Gasteiger charge is -2.06. The molecule has 0 saturated heterocycles. The lowest BCUT2D eigenvalue weighted by atomic mass is 10.3. The number of nitrogens with one attached hydrogen (secondary N) is 1. The number of carboxylic acids is 1. The van der Waals surface area contributed by atoms with Gasteiger partial charge >= 0.3 is 5.97 Å². The molecule has 0 unspecified atom stereocenters. The molecular formula is C12H16ClNO3. The Morgan fingerprint density at radius 1 is 1.29 bits per heavy atom. The maximum Gasteiger partial charge on any atom is 0.304 e. The van der Waals surface area contributed by atoms with E-state index in [2.05, 4.69) is 5.32 Å². The van der Waals surface area contributed by atoms with E-state index in [0.29, 0.717) is 18.2 Å². The topological polar surface area (TPSA) is 58.6 Å². The highest BCUT2D eigenvalue weighted by Gasteiger charge is 1.96. The van der Waals surface area contributed by atoms with Crippen molar-refractivity contribution in [3.05, 3.63) is 29.3 Å². The second-order valence-electron chi connectivity index (χ2n) is 3.55. The van der Waals surface area contributed by atoms with Gasteiger partial charge in [-0.1, -0.05) is 11.6 Å². The second kappa shape index (κ2) is 7.92. The predicted octanol–water partition coefficient (Wildman–Crippen LogP) is 2.17. The Hall–Kier alpha value is -1.26. The van der Waals surface area contributed by atoms with E-state index in [9.17, 15) is 4.79 Å². The fraction of sp³-hybridized carbons (Fsp3) is 0.417. The Morgan fingerprint density at radius 2 is 2.00 bits per heavy atom. The van der Waals surface area contributed by atoms with Gasteiger partial charge in [0.15, 0.2) is 0 Å². The summed E-state index contributed by atoms with van der Waals surface area (Å²) in [5.74, 6) is 0.00912. The highest BCUT2D eigenvalue weighted by molar-refractivity contribution is 6.30. The standard InChI is InChI=1S/C12H16ClNO3/c13-10-2-4-11(5-3-10)17-9-1-7-14-8-6-12(15)16/h2-5,14H,1,6-9H2,(H,15,16). The van der Waals surface area contributed by atoms with Crippen LogP contribution in [0.3, 0.4) is 0 Å². The molecule has 5 heteroatoms. The van der Waals surface area contributed by atoms with E-state index in [-0.39, 0.29) is 6.42 Å². The molecule has 0 amide bonds. The molecule has 2 N–H and O–H groups in total. The van der Waals surface area contributed by atoms with Gasteiger partial charge in [-0.05, 0) is 37.2 Å². The van der Waals surface area contributed by atoms with Crippen molar-refractivity contribution in [3.63, 3.8) is 0 Å². The minimum atomic E-state index is -0.782. The van der Waals surface area contributed by atoms with E-state index in [1.165, 1.54) is 0 Å². The lowest BCUT2D eigenvalue weighted by molar-refractivity contribution is -0.136. The average Bonchev–Trinajstić information content (AvgIpc) is 2.30. The van der Waals surface area contributed by atoms with Crippen LogP contribution in [0, 0.1) is 0 Å². The summed E-state index contributed by atoms with van der Waals surface area (Å²) in [6.07, 6.45) is 0.986. The molecule has 0 saturated carbocycles. The summed E-state index contributed by atoms with van der Waals surface area (Å²) in [5.41, 5.74) is 0. The minimum Gasteiger partial charge on any atom is -0.494 e. The first-order valence-corrected chi connectivity index (χ1v) is 5.87. The van der Waals surface area contributed by atoms with Crippen LogP contribution in [0.2, 0.25) is 5.02 Å². The summed E-state index contributed by atoms with van der Waals surface area (Å²) in [7, 11) is 0. The molecule has 0 atom stereocenters.